The van der Waals surface area contributed by atoms with Crippen LogP contribution in [0, 0.1) is 0 Å². The van der Waals surface area contributed by atoms with Gasteiger partial charge in [0.25, 0.3) is 0 Å². The molecule has 0 aliphatic carbocycles. The molecule has 1 aromatic carbocycles. The molecule has 0 heterocycles. The van der Waals surface area contributed by atoms with Crippen molar-refractivity contribution in [2.45, 2.75) is 46.2 Å². The number of benzene rings is 1. The molecule has 0 radical (unpaired) electrons. The lowest BCUT2D eigenvalue weighted by Crippen LogP contribution is -2.38. The molecule has 0 unspecified atom stereocenters. The Morgan fingerprint density at radius 1 is 1.17 bits per heavy atom. The molecule has 0 atom stereocenters. The van der Waals surface area contributed by atoms with Gasteiger partial charge in [0, 0.05) is 18.6 Å². The Morgan fingerprint density at radius 3 is 2.22 bits per heavy atom. The van der Waals surface area contributed by atoms with Crippen molar-refractivity contribution in [2.75, 3.05) is 6.54 Å². The Morgan fingerprint density at radius 2 is 1.72 bits per heavy atom. The normalized spacial score (nSPS) is 11.5. The van der Waals surface area contributed by atoms with Gasteiger partial charge in [-0.05, 0) is 45.7 Å². The lowest BCUT2D eigenvalue weighted by molar-refractivity contribution is 0.0695. The molecule has 0 saturated carbocycles. The third kappa shape index (κ3) is 3.84. The third-order valence-electron chi connectivity index (χ3n) is 3.21. The van der Waals surface area contributed by atoms with Crippen LogP contribution in [-0.4, -0.2) is 34.6 Å². The van der Waals surface area contributed by atoms with Gasteiger partial charge in [-0.15, -0.1) is 0 Å². The van der Waals surface area contributed by atoms with Gasteiger partial charge in [0.05, 0.1) is 5.56 Å². The van der Waals surface area contributed by atoms with Crippen molar-refractivity contribution in [3.05, 3.63) is 35.4 Å². The van der Waals surface area contributed by atoms with Crippen LogP contribution < -0.4 is 0 Å². The fraction of sp³-hybridized carbons (Fsp3) is 0.533. The van der Waals surface area contributed by atoms with Gasteiger partial charge in [0.15, 0.2) is 0 Å². The fourth-order valence-corrected chi connectivity index (χ4v) is 2.31. The van der Waals surface area contributed by atoms with Gasteiger partial charge in [-0.25, -0.2) is 4.79 Å². The second kappa shape index (κ2) is 6.55. The molecule has 0 fully saturated rings. The number of rotatable bonds is 6. The molecule has 3 nitrogen and oxygen atoms in total. The zero-order valence-corrected chi connectivity index (χ0v) is 11.7. The van der Waals surface area contributed by atoms with E-state index in [9.17, 15) is 4.79 Å². The van der Waals surface area contributed by atoms with E-state index in [0.29, 0.717) is 17.6 Å². The summed E-state index contributed by atoms with van der Waals surface area (Å²) >= 11 is 0. The van der Waals surface area contributed by atoms with Gasteiger partial charge in [-0.3, -0.25) is 4.90 Å². The summed E-state index contributed by atoms with van der Waals surface area (Å²) in [6, 6.07) is 8.20. The minimum Gasteiger partial charge on any atom is -0.478 e. The Hall–Kier alpha value is -1.35. The Balaban J connectivity index is 2.76. The molecular weight excluding hydrogens is 226 g/mol. The van der Waals surface area contributed by atoms with Crippen LogP contribution in [0.15, 0.2) is 24.3 Å². The van der Waals surface area contributed by atoms with Crippen molar-refractivity contribution in [2.24, 2.45) is 0 Å². The standard InChI is InChI=1S/C15H23NO2/c1-11(2)16(12(3)4)10-9-13-7-5-6-8-14(13)15(17)18/h5-8,11-12H,9-10H2,1-4H3,(H,17,18). The first kappa shape index (κ1) is 14.7. The second-order valence-corrected chi connectivity index (χ2v) is 5.14. The number of hydrogen-bond donors (Lipinski definition) is 1. The molecule has 0 aromatic heterocycles. The van der Waals surface area contributed by atoms with E-state index in [1.807, 2.05) is 12.1 Å². The van der Waals surface area contributed by atoms with E-state index in [4.69, 9.17) is 5.11 Å². The van der Waals surface area contributed by atoms with E-state index in [1.165, 1.54) is 0 Å². The predicted octanol–water partition coefficient (Wildman–Crippen LogP) is 3.05. The van der Waals surface area contributed by atoms with Gasteiger partial charge < -0.3 is 5.11 Å². The Labute approximate surface area is 109 Å². The molecular formula is C15H23NO2. The van der Waals surface area contributed by atoms with Crippen molar-refractivity contribution in [3.8, 4) is 0 Å². The zero-order valence-electron chi connectivity index (χ0n) is 11.7. The van der Waals surface area contributed by atoms with Gasteiger partial charge in [-0.2, -0.15) is 0 Å². The van der Waals surface area contributed by atoms with Crippen LogP contribution in [0.2, 0.25) is 0 Å². The Bertz CT molecular complexity index is 391. The van der Waals surface area contributed by atoms with Crippen molar-refractivity contribution >= 4 is 5.97 Å². The molecule has 1 N–H and O–H groups in total. The second-order valence-electron chi connectivity index (χ2n) is 5.14. The van der Waals surface area contributed by atoms with Crippen LogP contribution in [0.25, 0.3) is 0 Å². The van der Waals surface area contributed by atoms with Gasteiger partial charge in [-0.1, -0.05) is 18.2 Å². The van der Waals surface area contributed by atoms with Crippen LogP contribution in [-0.2, 0) is 6.42 Å². The van der Waals surface area contributed by atoms with E-state index in [-0.39, 0.29) is 0 Å². The number of hydrogen-bond acceptors (Lipinski definition) is 2. The highest BCUT2D eigenvalue weighted by atomic mass is 16.4. The molecule has 3 heteroatoms. The summed E-state index contributed by atoms with van der Waals surface area (Å²) < 4.78 is 0. The lowest BCUT2D eigenvalue weighted by atomic mass is 10.0. The van der Waals surface area contributed by atoms with Crippen LogP contribution in [0.3, 0.4) is 0 Å². The molecule has 0 spiro atoms. The maximum Gasteiger partial charge on any atom is 0.335 e. The average molecular weight is 249 g/mol. The Kier molecular flexibility index (Phi) is 5.35. The first-order chi connectivity index (χ1) is 8.43. The maximum atomic E-state index is 11.1. The molecule has 1 aromatic rings. The SMILES string of the molecule is CC(C)N(CCc1ccccc1C(=O)O)C(C)C. The largest absolute Gasteiger partial charge is 0.478 e. The molecule has 0 saturated heterocycles. The molecule has 0 amide bonds. The highest BCUT2D eigenvalue weighted by Crippen LogP contribution is 2.12. The van der Waals surface area contributed by atoms with Gasteiger partial charge >= 0.3 is 5.97 Å². The van der Waals surface area contributed by atoms with E-state index in [1.54, 1.807) is 12.1 Å². The molecule has 100 valence electrons. The third-order valence-corrected chi connectivity index (χ3v) is 3.21. The molecule has 18 heavy (non-hydrogen) atoms. The number of nitrogens with zero attached hydrogens (tertiary/aromatic N) is 1. The van der Waals surface area contributed by atoms with Gasteiger partial charge in [0.1, 0.15) is 0 Å². The number of aromatic carboxylic acids is 1. The smallest absolute Gasteiger partial charge is 0.335 e. The van der Waals surface area contributed by atoms with Crippen molar-refractivity contribution in [1.82, 2.24) is 4.90 Å². The maximum absolute atomic E-state index is 11.1. The van der Waals surface area contributed by atoms with Crippen molar-refractivity contribution < 1.29 is 9.90 Å². The monoisotopic (exact) mass is 249 g/mol. The molecule has 0 aliphatic rings. The van der Waals surface area contributed by atoms with Crippen LogP contribution >= 0.6 is 0 Å². The average Bonchev–Trinajstić information content (AvgIpc) is 2.28. The predicted molar refractivity (Wildman–Crippen MR) is 74.1 cm³/mol. The molecule has 0 bridgehead atoms. The number of carboxylic acids is 1. The van der Waals surface area contributed by atoms with E-state index < -0.39 is 5.97 Å². The van der Waals surface area contributed by atoms with Crippen molar-refractivity contribution in [1.29, 1.82) is 0 Å². The number of carbonyl (C=O) groups is 1. The van der Waals surface area contributed by atoms with Crippen molar-refractivity contribution in [3.63, 3.8) is 0 Å². The van der Waals surface area contributed by atoms with Crippen LogP contribution in [0.5, 0.6) is 0 Å². The fourth-order valence-electron chi connectivity index (χ4n) is 2.31. The van der Waals surface area contributed by atoms with E-state index >= 15 is 0 Å². The summed E-state index contributed by atoms with van der Waals surface area (Å²) in [5, 5.41) is 9.14. The highest BCUT2D eigenvalue weighted by Gasteiger charge is 2.15. The van der Waals surface area contributed by atoms with E-state index in [2.05, 4.69) is 32.6 Å². The minimum atomic E-state index is -0.841. The van der Waals surface area contributed by atoms with Crippen LogP contribution in [0.4, 0.5) is 0 Å². The number of carboxylic acid groups (broad SMARTS) is 1. The summed E-state index contributed by atoms with van der Waals surface area (Å²) in [6.07, 6.45) is 0.777. The highest BCUT2D eigenvalue weighted by molar-refractivity contribution is 5.89. The minimum absolute atomic E-state index is 0.421. The summed E-state index contributed by atoms with van der Waals surface area (Å²) in [7, 11) is 0. The summed E-state index contributed by atoms with van der Waals surface area (Å²) in [6.45, 7) is 9.57. The van der Waals surface area contributed by atoms with E-state index in [0.717, 1.165) is 18.5 Å². The van der Waals surface area contributed by atoms with Gasteiger partial charge in [0.2, 0.25) is 0 Å². The zero-order chi connectivity index (χ0) is 13.7. The first-order valence-corrected chi connectivity index (χ1v) is 6.50. The first-order valence-electron chi connectivity index (χ1n) is 6.50. The topological polar surface area (TPSA) is 40.5 Å². The molecule has 1 rings (SSSR count). The summed E-state index contributed by atoms with van der Waals surface area (Å²) in [5.41, 5.74) is 1.33. The lowest BCUT2D eigenvalue weighted by Gasteiger charge is -2.30. The summed E-state index contributed by atoms with van der Waals surface area (Å²) in [5.74, 6) is -0.841. The quantitative estimate of drug-likeness (QED) is 0.842. The molecule has 0 aliphatic heterocycles. The summed E-state index contributed by atoms with van der Waals surface area (Å²) in [4.78, 5) is 13.5. The van der Waals surface area contributed by atoms with Crippen LogP contribution in [0.1, 0.15) is 43.6 Å².